The van der Waals surface area contributed by atoms with Crippen LogP contribution in [0, 0.1) is 6.92 Å². The van der Waals surface area contributed by atoms with Crippen LogP contribution in [0.5, 0.6) is 0 Å². The van der Waals surface area contributed by atoms with Crippen LogP contribution < -0.4 is 10.6 Å². The molecular formula is C15H18N4O. The number of hydrogen-bond donors (Lipinski definition) is 2. The zero-order valence-electron chi connectivity index (χ0n) is 11.5. The number of rotatable bonds is 3. The van der Waals surface area contributed by atoms with Crippen LogP contribution in [0.25, 0.3) is 5.69 Å². The second kappa shape index (κ2) is 5.46. The van der Waals surface area contributed by atoms with Crippen LogP contribution >= 0.6 is 0 Å². The van der Waals surface area contributed by atoms with Crippen molar-refractivity contribution in [3.8, 4) is 5.69 Å². The highest BCUT2D eigenvalue weighted by atomic mass is 16.1. The summed E-state index contributed by atoms with van der Waals surface area (Å²) in [4.78, 5) is 12.1. The third-order valence-electron chi connectivity index (χ3n) is 3.50. The van der Waals surface area contributed by atoms with E-state index in [0.29, 0.717) is 5.56 Å². The predicted octanol–water partition coefficient (Wildman–Crippen LogP) is 1.27. The van der Waals surface area contributed by atoms with E-state index in [2.05, 4.69) is 15.7 Å². The summed E-state index contributed by atoms with van der Waals surface area (Å²) in [5.41, 5.74) is 2.75. The van der Waals surface area contributed by atoms with Gasteiger partial charge in [-0.2, -0.15) is 5.10 Å². The summed E-state index contributed by atoms with van der Waals surface area (Å²) in [5.74, 6) is -0.0121. The highest BCUT2D eigenvalue weighted by Gasteiger charge is 2.17. The van der Waals surface area contributed by atoms with Gasteiger partial charge in [0.15, 0.2) is 0 Å². The van der Waals surface area contributed by atoms with Crippen LogP contribution in [0.3, 0.4) is 0 Å². The van der Waals surface area contributed by atoms with Crippen molar-refractivity contribution in [2.45, 2.75) is 19.4 Å². The van der Waals surface area contributed by atoms with Gasteiger partial charge in [0, 0.05) is 24.3 Å². The lowest BCUT2D eigenvalue weighted by molar-refractivity contribution is 0.0940. The molecule has 0 aliphatic carbocycles. The lowest BCUT2D eigenvalue weighted by Gasteiger charge is -2.11. The molecule has 1 unspecified atom stereocenters. The van der Waals surface area contributed by atoms with Crippen molar-refractivity contribution in [2.24, 2.45) is 0 Å². The fourth-order valence-electron chi connectivity index (χ4n) is 2.37. The van der Waals surface area contributed by atoms with Gasteiger partial charge in [-0.1, -0.05) is 0 Å². The molecule has 5 heteroatoms. The van der Waals surface area contributed by atoms with Gasteiger partial charge in [-0.15, -0.1) is 0 Å². The van der Waals surface area contributed by atoms with E-state index in [9.17, 15) is 4.79 Å². The highest BCUT2D eigenvalue weighted by molar-refractivity contribution is 5.94. The summed E-state index contributed by atoms with van der Waals surface area (Å²) in [6.07, 6.45) is 4.77. The average Bonchev–Trinajstić information content (AvgIpc) is 3.10. The first-order chi connectivity index (χ1) is 9.72. The maximum absolute atomic E-state index is 12.1. The number of aryl methyl sites for hydroxylation is 1. The van der Waals surface area contributed by atoms with Gasteiger partial charge in [0.25, 0.3) is 5.91 Å². The van der Waals surface area contributed by atoms with Crippen LogP contribution in [0.15, 0.2) is 36.7 Å². The van der Waals surface area contributed by atoms with Gasteiger partial charge in [0.2, 0.25) is 0 Å². The molecule has 1 aliphatic rings. The van der Waals surface area contributed by atoms with Crippen molar-refractivity contribution in [2.75, 3.05) is 13.1 Å². The minimum Gasteiger partial charge on any atom is -0.348 e. The number of hydrogen-bond acceptors (Lipinski definition) is 3. The molecule has 5 nitrogen and oxygen atoms in total. The molecule has 20 heavy (non-hydrogen) atoms. The SMILES string of the molecule is Cc1cnn(-c2ccc(C(=O)NC3CCNC3)cc2)c1. The smallest absolute Gasteiger partial charge is 0.251 e. The third-order valence-corrected chi connectivity index (χ3v) is 3.50. The van der Waals surface area contributed by atoms with E-state index >= 15 is 0 Å². The molecule has 2 heterocycles. The number of benzene rings is 1. The molecule has 1 aromatic carbocycles. The summed E-state index contributed by atoms with van der Waals surface area (Å²) >= 11 is 0. The van der Waals surface area contributed by atoms with Crippen LogP contribution in [0.2, 0.25) is 0 Å². The highest BCUT2D eigenvalue weighted by Crippen LogP contribution is 2.10. The molecule has 3 rings (SSSR count). The fraction of sp³-hybridized carbons (Fsp3) is 0.333. The second-order valence-corrected chi connectivity index (χ2v) is 5.17. The molecule has 2 N–H and O–H groups in total. The van der Waals surface area contributed by atoms with E-state index in [0.717, 1.165) is 30.8 Å². The lowest BCUT2D eigenvalue weighted by Crippen LogP contribution is -2.36. The van der Waals surface area contributed by atoms with Crippen LogP contribution in [0.4, 0.5) is 0 Å². The molecule has 2 aromatic rings. The average molecular weight is 270 g/mol. The van der Waals surface area contributed by atoms with E-state index in [1.54, 1.807) is 4.68 Å². The summed E-state index contributed by atoms with van der Waals surface area (Å²) in [5, 5.41) is 10.5. The molecule has 0 radical (unpaired) electrons. The van der Waals surface area contributed by atoms with Crippen molar-refractivity contribution in [3.05, 3.63) is 47.8 Å². The first-order valence-corrected chi connectivity index (χ1v) is 6.86. The van der Waals surface area contributed by atoms with Gasteiger partial charge in [-0.3, -0.25) is 4.79 Å². The zero-order chi connectivity index (χ0) is 13.9. The Morgan fingerprint density at radius 3 is 2.80 bits per heavy atom. The minimum absolute atomic E-state index is 0.0121. The minimum atomic E-state index is -0.0121. The third kappa shape index (κ3) is 2.72. The second-order valence-electron chi connectivity index (χ2n) is 5.17. The first-order valence-electron chi connectivity index (χ1n) is 6.86. The number of nitrogens with zero attached hydrogens (tertiary/aromatic N) is 2. The molecule has 1 fully saturated rings. The van der Waals surface area contributed by atoms with Crippen LogP contribution in [0.1, 0.15) is 22.3 Å². The quantitative estimate of drug-likeness (QED) is 0.883. The summed E-state index contributed by atoms with van der Waals surface area (Å²) in [7, 11) is 0. The standard InChI is InChI=1S/C15H18N4O/c1-11-8-17-19(10-11)14-4-2-12(3-5-14)15(20)18-13-6-7-16-9-13/h2-5,8,10,13,16H,6-7,9H2,1H3,(H,18,20). The first kappa shape index (κ1) is 12.9. The van der Waals surface area contributed by atoms with Gasteiger partial charge in [0.05, 0.1) is 11.9 Å². The van der Waals surface area contributed by atoms with Crippen molar-refractivity contribution in [1.29, 1.82) is 0 Å². The van der Waals surface area contributed by atoms with Gasteiger partial charge >= 0.3 is 0 Å². The van der Waals surface area contributed by atoms with Gasteiger partial charge < -0.3 is 10.6 Å². The van der Waals surface area contributed by atoms with E-state index in [1.807, 2.05) is 43.6 Å². The molecular weight excluding hydrogens is 252 g/mol. The zero-order valence-corrected chi connectivity index (χ0v) is 11.5. The maximum atomic E-state index is 12.1. The molecule has 1 aliphatic heterocycles. The van der Waals surface area contributed by atoms with Crippen molar-refractivity contribution < 1.29 is 4.79 Å². The van der Waals surface area contributed by atoms with E-state index in [-0.39, 0.29) is 11.9 Å². The Labute approximate surface area is 118 Å². The summed E-state index contributed by atoms with van der Waals surface area (Å²) < 4.78 is 1.80. The van der Waals surface area contributed by atoms with Crippen molar-refractivity contribution in [1.82, 2.24) is 20.4 Å². The van der Waals surface area contributed by atoms with Gasteiger partial charge in [0.1, 0.15) is 0 Å². The largest absolute Gasteiger partial charge is 0.348 e. The van der Waals surface area contributed by atoms with Crippen molar-refractivity contribution in [3.63, 3.8) is 0 Å². The molecule has 1 atom stereocenters. The topological polar surface area (TPSA) is 59.0 Å². The molecule has 1 aromatic heterocycles. The Morgan fingerprint density at radius 2 is 2.20 bits per heavy atom. The van der Waals surface area contributed by atoms with Crippen molar-refractivity contribution >= 4 is 5.91 Å². The van der Waals surface area contributed by atoms with Gasteiger partial charge in [-0.25, -0.2) is 4.68 Å². The number of carbonyl (C=O) groups excluding carboxylic acids is 1. The normalized spacial score (nSPS) is 18.1. The van der Waals surface area contributed by atoms with Crippen LogP contribution in [-0.2, 0) is 0 Å². The molecule has 1 saturated heterocycles. The number of carbonyl (C=O) groups is 1. The summed E-state index contributed by atoms with van der Waals surface area (Å²) in [6.45, 7) is 3.83. The lowest BCUT2D eigenvalue weighted by atomic mass is 10.1. The Bertz CT molecular complexity index is 597. The Balaban J connectivity index is 1.70. The molecule has 104 valence electrons. The summed E-state index contributed by atoms with van der Waals surface area (Å²) in [6, 6.07) is 7.74. The molecule has 0 spiro atoms. The molecule has 0 bridgehead atoms. The van der Waals surface area contributed by atoms with E-state index in [4.69, 9.17) is 0 Å². The maximum Gasteiger partial charge on any atom is 0.251 e. The molecule has 0 saturated carbocycles. The molecule has 1 amide bonds. The fourth-order valence-corrected chi connectivity index (χ4v) is 2.37. The Kier molecular flexibility index (Phi) is 3.52. The predicted molar refractivity (Wildman–Crippen MR) is 77.0 cm³/mol. The number of aromatic nitrogens is 2. The van der Waals surface area contributed by atoms with E-state index in [1.165, 1.54) is 0 Å². The monoisotopic (exact) mass is 270 g/mol. The van der Waals surface area contributed by atoms with Gasteiger partial charge in [-0.05, 0) is 49.7 Å². The van der Waals surface area contributed by atoms with E-state index < -0.39 is 0 Å². The number of nitrogens with one attached hydrogen (secondary N) is 2. The number of amides is 1. The van der Waals surface area contributed by atoms with Crippen LogP contribution in [-0.4, -0.2) is 34.8 Å². The Morgan fingerprint density at radius 1 is 1.40 bits per heavy atom. The Hall–Kier alpha value is -2.14.